The molecule has 1 aliphatic carbocycles. The molecule has 0 spiro atoms. The van der Waals surface area contributed by atoms with Crippen LogP contribution in [0.4, 0.5) is 5.82 Å². The summed E-state index contributed by atoms with van der Waals surface area (Å²) in [6.45, 7) is 3.82. The third-order valence-corrected chi connectivity index (χ3v) is 5.78. The molecule has 0 amide bonds. The zero-order chi connectivity index (χ0) is 13.4. The molecule has 0 saturated carbocycles. The minimum atomic E-state index is -3.07. The Hall–Kier alpha value is -1.10. The molecule has 0 radical (unpaired) electrons. The van der Waals surface area contributed by atoms with Crippen LogP contribution in [0.3, 0.4) is 0 Å². The molecular formula is C13H20N2O2S. The van der Waals surface area contributed by atoms with E-state index in [4.69, 9.17) is 0 Å². The van der Waals surface area contributed by atoms with Crippen molar-refractivity contribution in [1.29, 1.82) is 0 Å². The van der Waals surface area contributed by atoms with Crippen LogP contribution in [0.5, 0.6) is 0 Å². The van der Waals surface area contributed by atoms with E-state index in [0.29, 0.717) is 6.54 Å². The highest BCUT2D eigenvalue weighted by Gasteiger charge is 2.30. The second kappa shape index (κ2) is 4.53. The molecule has 1 aromatic rings. The normalized spacial score (nSPS) is 15.5. The Morgan fingerprint density at radius 1 is 1.33 bits per heavy atom. The quantitative estimate of drug-likeness (QED) is 0.904. The Morgan fingerprint density at radius 2 is 2.06 bits per heavy atom. The minimum absolute atomic E-state index is 0.373. The summed E-state index contributed by atoms with van der Waals surface area (Å²) in [6.07, 6.45) is 4.57. The lowest BCUT2D eigenvalue weighted by atomic mass is 10.2. The average Bonchev–Trinajstić information content (AvgIpc) is 2.71. The third-order valence-electron chi connectivity index (χ3n) is 3.63. The topological polar surface area (TPSA) is 59.1 Å². The fourth-order valence-electron chi connectivity index (χ4n) is 1.95. The van der Waals surface area contributed by atoms with Gasteiger partial charge in [-0.05, 0) is 44.7 Å². The number of fused-ring (bicyclic) bond motifs is 1. The Labute approximate surface area is 109 Å². The van der Waals surface area contributed by atoms with Crippen LogP contribution in [0, 0.1) is 0 Å². The molecule has 0 bridgehead atoms. The van der Waals surface area contributed by atoms with Crippen LogP contribution in [-0.4, -0.2) is 30.9 Å². The van der Waals surface area contributed by atoms with Gasteiger partial charge in [-0.3, -0.25) is 0 Å². The number of hydrogen-bond acceptors (Lipinski definition) is 4. The van der Waals surface area contributed by atoms with Gasteiger partial charge in [-0.1, -0.05) is 6.07 Å². The Morgan fingerprint density at radius 3 is 2.72 bits per heavy atom. The molecule has 1 N–H and O–H groups in total. The van der Waals surface area contributed by atoms with Gasteiger partial charge in [0.1, 0.15) is 5.82 Å². The highest BCUT2D eigenvalue weighted by Crippen LogP contribution is 2.22. The molecule has 5 heteroatoms. The molecule has 0 fully saturated rings. The van der Waals surface area contributed by atoms with Gasteiger partial charge in [0, 0.05) is 18.5 Å². The van der Waals surface area contributed by atoms with Crippen LogP contribution in [0.25, 0.3) is 0 Å². The lowest BCUT2D eigenvalue weighted by molar-refractivity contribution is 0.559. The number of aromatic nitrogens is 1. The predicted octanol–water partition coefficient (Wildman–Crippen LogP) is 1.81. The fraction of sp³-hybridized carbons (Fsp3) is 0.615. The lowest BCUT2D eigenvalue weighted by Crippen LogP contribution is -2.38. The number of nitrogens with zero attached hydrogens (tertiary/aromatic N) is 1. The van der Waals surface area contributed by atoms with E-state index in [1.54, 1.807) is 13.8 Å². The number of sulfone groups is 1. The maximum Gasteiger partial charge on any atom is 0.154 e. The SMILES string of the molecule is CC(C)(CNc1ccc2c(n1)CCC2)S(C)(=O)=O. The summed E-state index contributed by atoms with van der Waals surface area (Å²) >= 11 is 0. The maximum absolute atomic E-state index is 11.6. The molecule has 1 aliphatic rings. The van der Waals surface area contributed by atoms with Gasteiger partial charge in [0.15, 0.2) is 9.84 Å². The van der Waals surface area contributed by atoms with Gasteiger partial charge in [-0.2, -0.15) is 0 Å². The van der Waals surface area contributed by atoms with Crippen molar-refractivity contribution in [2.24, 2.45) is 0 Å². The summed E-state index contributed by atoms with van der Waals surface area (Å²) in [5, 5.41) is 3.13. The van der Waals surface area contributed by atoms with Crippen LogP contribution in [0.15, 0.2) is 12.1 Å². The molecule has 100 valence electrons. The zero-order valence-corrected chi connectivity index (χ0v) is 12.0. The molecule has 1 aromatic heterocycles. The Kier molecular flexibility index (Phi) is 3.36. The first-order valence-corrected chi connectivity index (χ1v) is 8.11. The number of anilines is 1. The number of nitrogens with one attached hydrogen (secondary N) is 1. The van der Waals surface area contributed by atoms with Crippen molar-refractivity contribution >= 4 is 15.7 Å². The second-order valence-electron chi connectivity index (χ2n) is 5.54. The Balaban J connectivity index is 2.07. The predicted molar refractivity (Wildman–Crippen MR) is 73.7 cm³/mol. The third kappa shape index (κ3) is 2.66. The van der Waals surface area contributed by atoms with E-state index in [9.17, 15) is 8.42 Å². The van der Waals surface area contributed by atoms with E-state index in [-0.39, 0.29) is 0 Å². The van der Waals surface area contributed by atoms with E-state index in [0.717, 1.165) is 24.4 Å². The van der Waals surface area contributed by atoms with Gasteiger partial charge in [0.25, 0.3) is 0 Å². The summed E-state index contributed by atoms with van der Waals surface area (Å²) < 4.78 is 22.4. The molecule has 0 unspecified atom stereocenters. The van der Waals surface area contributed by atoms with Gasteiger partial charge in [-0.25, -0.2) is 13.4 Å². The van der Waals surface area contributed by atoms with Crippen LogP contribution in [0.1, 0.15) is 31.5 Å². The van der Waals surface area contributed by atoms with Crippen molar-refractivity contribution < 1.29 is 8.42 Å². The molecule has 0 aromatic carbocycles. The second-order valence-corrected chi connectivity index (χ2v) is 8.19. The lowest BCUT2D eigenvalue weighted by Gasteiger charge is -2.23. The van der Waals surface area contributed by atoms with Gasteiger partial charge in [0.05, 0.1) is 4.75 Å². The van der Waals surface area contributed by atoms with Gasteiger partial charge in [-0.15, -0.1) is 0 Å². The summed E-state index contributed by atoms with van der Waals surface area (Å²) in [6, 6.07) is 4.02. The van der Waals surface area contributed by atoms with Crippen molar-refractivity contribution in [1.82, 2.24) is 4.98 Å². The molecule has 0 saturated heterocycles. The highest BCUT2D eigenvalue weighted by atomic mass is 32.2. The summed E-state index contributed by atoms with van der Waals surface area (Å²) in [4.78, 5) is 4.53. The van der Waals surface area contributed by atoms with E-state index >= 15 is 0 Å². The Bertz CT molecular complexity index is 550. The standard InChI is InChI=1S/C13H20N2O2S/c1-13(2,18(3,16)17)9-14-12-8-7-10-5-4-6-11(10)15-12/h7-8H,4-6,9H2,1-3H3,(H,14,15). The molecule has 1 heterocycles. The van der Waals surface area contributed by atoms with E-state index < -0.39 is 14.6 Å². The largest absolute Gasteiger partial charge is 0.368 e. The molecule has 2 rings (SSSR count). The molecular weight excluding hydrogens is 248 g/mol. The van der Waals surface area contributed by atoms with Crippen LogP contribution in [-0.2, 0) is 22.7 Å². The first-order valence-electron chi connectivity index (χ1n) is 6.22. The van der Waals surface area contributed by atoms with Gasteiger partial charge >= 0.3 is 0 Å². The number of aryl methyl sites for hydroxylation is 2. The van der Waals surface area contributed by atoms with Crippen LogP contribution in [0.2, 0.25) is 0 Å². The van der Waals surface area contributed by atoms with Crippen molar-refractivity contribution in [2.75, 3.05) is 18.1 Å². The minimum Gasteiger partial charge on any atom is -0.368 e. The molecule has 0 atom stereocenters. The fourth-order valence-corrected chi connectivity index (χ4v) is 2.29. The molecule has 18 heavy (non-hydrogen) atoms. The summed E-state index contributed by atoms with van der Waals surface area (Å²) in [5.74, 6) is 0.771. The maximum atomic E-state index is 11.6. The molecule has 0 aliphatic heterocycles. The number of pyridine rings is 1. The smallest absolute Gasteiger partial charge is 0.154 e. The summed E-state index contributed by atoms with van der Waals surface area (Å²) in [7, 11) is -3.07. The number of hydrogen-bond donors (Lipinski definition) is 1. The van der Waals surface area contributed by atoms with Crippen molar-refractivity contribution in [3.63, 3.8) is 0 Å². The first kappa shape index (κ1) is 13.3. The average molecular weight is 268 g/mol. The van der Waals surface area contributed by atoms with Crippen LogP contribution >= 0.6 is 0 Å². The highest BCUT2D eigenvalue weighted by molar-refractivity contribution is 7.92. The number of rotatable bonds is 4. The molecule has 4 nitrogen and oxygen atoms in total. The van der Waals surface area contributed by atoms with Crippen LogP contribution < -0.4 is 5.32 Å². The van der Waals surface area contributed by atoms with Crippen molar-refractivity contribution in [3.05, 3.63) is 23.4 Å². The van der Waals surface area contributed by atoms with E-state index in [1.807, 2.05) is 6.07 Å². The summed E-state index contributed by atoms with van der Waals surface area (Å²) in [5.41, 5.74) is 2.47. The van der Waals surface area contributed by atoms with E-state index in [2.05, 4.69) is 16.4 Å². The van der Waals surface area contributed by atoms with Gasteiger partial charge < -0.3 is 5.32 Å². The monoisotopic (exact) mass is 268 g/mol. The first-order chi connectivity index (χ1) is 8.29. The zero-order valence-electron chi connectivity index (χ0n) is 11.2. The van der Waals surface area contributed by atoms with Gasteiger partial charge in [0.2, 0.25) is 0 Å². The van der Waals surface area contributed by atoms with Crippen molar-refractivity contribution in [2.45, 2.75) is 37.9 Å². The van der Waals surface area contributed by atoms with Crippen molar-refractivity contribution in [3.8, 4) is 0 Å². The van der Waals surface area contributed by atoms with E-state index in [1.165, 1.54) is 18.2 Å².